The lowest BCUT2D eigenvalue weighted by Crippen LogP contribution is -2.48. The lowest BCUT2D eigenvalue weighted by atomic mass is 10.1. The van der Waals surface area contributed by atoms with E-state index < -0.39 is 10.2 Å². The summed E-state index contributed by atoms with van der Waals surface area (Å²) in [4.78, 5) is 13.4. The molecule has 11 nitrogen and oxygen atoms in total. The second kappa shape index (κ2) is 8.22. The summed E-state index contributed by atoms with van der Waals surface area (Å²) in [5.74, 6) is 0.893. The Hall–Kier alpha value is -3.48. The molecule has 4 aromatic rings. The van der Waals surface area contributed by atoms with Gasteiger partial charge in [0.15, 0.2) is 0 Å². The van der Waals surface area contributed by atoms with Crippen molar-refractivity contribution in [3.05, 3.63) is 49.0 Å². The van der Waals surface area contributed by atoms with Crippen LogP contribution >= 0.6 is 0 Å². The highest BCUT2D eigenvalue weighted by Crippen LogP contribution is 2.33. The number of fused-ring (bicyclic) bond motifs is 1. The molecule has 0 amide bonds. The summed E-state index contributed by atoms with van der Waals surface area (Å²) < 4.78 is 35.3. The van der Waals surface area contributed by atoms with Gasteiger partial charge in [-0.15, -0.1) is 0 Å². The zero-order valence-corrected chi connectivity index (χ0v) is 17.8. The first-order valence-corrected chi connectivity index (χ1v) is 11.5. The number of phenolic OH excluding ortho intramolecular Hbond substituents is 1. The Morgan fingerprint density at radius 2 is 2.16 bits per heavy atom. The van der Waals surface area contributed by atoms with Gasteiger partial charge in [0.05, 0.1) is 5.69 Å². The average Bonchev–Trinajstić information content (AvgIpc) is 3.36. The summed E-state index contributed by atoms with van der Waals surface area (Å²) in [6, 6.07) is 8.56. The number of benzene rings is 1. The molecule has 3 aromatic heterocycles. The summed E-state index contributed by atoms with van der Waals surface area (Å²) in [6.45, 7) is 1.61. The van der Waals surface area contributed by atoms with Crippen molar-refractivity contribution in [1.29, 1.82) is 0 Å². The summed E-state index contributed by atoms with van der Waals surface area (Å²) in [6.07, 6.45) is 5.67. The molecule has 0 spiro atoms. The minimum atomic E-state index is -3.42. The third-order valence-electron chi connectivity index (χ3n) is 5.13. The van der Waals surface area contributed by atoms with E-state index in [9.17, 15) is 13.5 Å². The third kappa shape index (κ3) is 3.90. The van der Waals surface area contributed by atoms with E-state index in [1.807, 2.05) is 6.07 Å². The van der Waals surface area contributed by atoms with Gasteiger partial charge in [-0.3, -0.25) is 4.40 Å². The highest BCUT2D eigenvalue weighted by Gasteiger charge is 2.24. The number of anilines is 1. The number of phenols is 1. The molecule has 32 heavy (non-hydrogen) atoms. The summed E-state index contributed by atoms with van der Waals surface area (Å²) in [7, 11) is -3.42. The van der Waals surface area contributed by atoms with Crippen LogP contribution in [0.25, 0.3) is 28.5 Å². The van der Waals surface area contributed by atoms with E-state index in [1.165, 1.54) is 10.6 Å². The van der Waals surface area contributed by atoms with E-state index in [2.05, 4.69) is 25.0 Å². The van der Waals surface area contributed by atoms with Crippen molar-refractivity contribution in [2.75, 3.05) is 31.5 Å². The highest BCUT2D eigenvalue weighted by molar-refractivity contribution is 7.87. The quantitative estimate of drug-likeness (QED) is 0.399. The van der Waals surface area contributed by atoms with Crippen LogP contribution in [0.3, 0.4) is 0 Å². The fraction of sp³-hybridized carbons (Fsp3) is 0.250. The molecule has 1 saturated heterocycles. The van der Waals surface area contributed by atoms with Crippen LogP contribution in [0.15, 0.2) is 53.4 Å². The molecule has 0 atom stereocenters. The number of rotatable bonds is 6. The SMILES string of the molecule is O=S1(=O)NCCCN1CCNc1nccc(-c2c(-c3cccc(O)c3)nc3occn23)n1. The zero-order chi connectivity index (χ0) is 22.1. The van der Waals surface area contributed by atoms with Gasteiger partial charge < -0.3 is 14.8 Å². The third-order valence-corrected chi connectivity index (χ3v) is 6.75. The summed E-state index contributed by atoms with van der Waals surface area (Å²) in [5, 5.41) is 13.0. The number of imidazole rings is 1. The van der Waals surface area contributed by atoms with E-state index in [4.69, 9.17) is 4.42 Å². The number of aromatic hydroxyl groups is 1. The van der Waals surface area contributed by atoms with Crippen LogP contribution in [0.1, 0.15) is 6.42 Å². The molecule has 0 unspecified atom stereocenters. The van der Waals surface area contributed by atoms with Gasteiger partial charge in [-0.05, 0) is 24.6 Å². The van der Waals surface area contributed by atoms with Crippen molar-refractivity contribution in [2.24, 2.45) is 0 Å². The Balaban J connectivity index is 1.42. The monoisotopic (exact) mass is 455 g/mol. The number of aromatic nitrogens is 4. The molecule has 1 fully saturated rings. The topological polar surface area (TPSA) is 138 Å². The number of oxazole rings is 1. The largest absolute Gasteiger partial charge is 0.508 e. The van der Waals surface area contributed by atoms with Crippen molar-refractivity contribution in [3.8, 4) is 28.4 Å². The first kappa shape index (κ1) is 20.4. The molecule has 0 bridgehead atoms. The average molecular weight is 456 g/mol. The maximum Gasteiger partial charge on any atom is 0.306 e. The van der Waals surface area contributed by atoms with Crippen LogP contribution in [0, 0.1) is 0 Å². The van der Waals surface area contributed by atoms with Gasteiger partial charge in [-0.25, -0.2) is 14.7 Å². The molecule has 1 aromatic carbocycles. The molecule has 166 valence electrons. The molecular formula is C20H21N7O4S. The Bertz CT molecular complexity index is 1370. The predicted octanol–water partition coefficient (Wildman–Crippen LogP) is 1.71. The molecule has 0 aliphatic carbocycles. The maximum atomic E-state index is 12.0. The van der Waals surface area contributed by atoms with Gasteiger partial charge in [-0.1, -0.05) is 12.1 Å². The number of nitrogens with zero attached hydrogens (tertiary/aromatic N) is 5. The smallest absolute Gasteiger partial charge is 0.306 e. The van der Waals surface area contributed by atoms with Gasteiger partial charge in [0.1, 0.15) is 23.4 Å². The van der Waals surface area contributed by atoms with E-state index >= 15 is 0 Å². The first-order chi connectivity index (χ1) is 15.5. The highest BCUT2D eigenvalue weighted by atomic mass is 32.2. The predicted molar refractivity (Wildman–Crippen MR) is 117 cm³/mol. The molecule has 1 aliphatic rings. The molecular weight excluding hydrogens is 434 g/mol. The Kier molecular flexibility index (Phi) is 5.25. The van der Waals surface area contributed by atoms with Crippen LogP contribution in [-0.2, 0) is 10.2 Å². The van der Waals surface area contributed by atoms with Crippen molar-refractivity contribution in [3.63, 3.8) is 0 Å². The van der Waals surface area contributed by atoms with Crippen molar-refractivity contribution in [2.45, 2.75) is 6.42 Å². The molecule has 0 saturated carbocycles. The van der Waals surface area contributed by atoms with Crippen LogP contribution in [0.4, 0.5) is 5.95 Å². The van der Waals surface area contributed by atoms with Crippen LogP contribution in [-0.4, -0.2) is 63.4 Å². The second-order valence-corrected chi connectivity index (χ2v) is 9.01. The lowest BCUT2D eigenvalue weighted by molar-refractivity contribution is 0.383. The second-order valence-electron chi connectivity index (χ2n) is 7.26. The molecule has 12 heteroatoms. The van der Waals surface area contributed by atoms with Gasteiger partial charge in [0.25, 0.3) is 10.2 Å². The van der Waals surface area contributed by atoms with E-state index in [-0.39, 0.29) is 5.75 Å². The molecule has 1 aliphatic heterocycles. The van der Waals surface area contributed by atoms with Crippen LogP contribution in [0.5, 0.6) is 5.75 Å². The fourth-order valence-electron chi connectivity index (χ4n) is 3.65. The fourth-order valence-corrected chi connectivity index (χ4v) is 4.94. The summed E-state index contributed by atoms with van der Waals surface area (Å²) >= 11 is 0. The van der Waals surface area contributed by atoms with Gasteiger partial charge in [0, 0.05) is 44.1 Å². The lowest BCUT2D eigenvalue weighted by Gasteiger charge is -2.26. The van der Waals surface area contributed by atoms with Gasteiger partial charge in [-0.2, -0.15) is 17.7 Å². The van der Waals surface area contributed by atoms with Crippen molar-refractivity contribution >= 4 is 22.0 Å². The van der Waals surface area contributed by atoms with Crippen LogP contribution in [0.2, 0.25) is 0 Å². The van der Waals surface area contributed by atoms with Crippen molar-refractivity contribution in [1.82, 2.24) is 28.4 Å². The van der Waals surface area contributed by atoms with E-state index in [1.54, 1.807) is 41.1 Å². The first-order valence-electron chi connectivity index (χ1n) is 10.1. The number of hydrogen-bond donors (Lipinski definition) is 3. The normalized spacial score (nSPS) is 16.4. The van der Waals surface area contributed by atoms with Crippen molar-refractivity contribution < 1.29 is 17.9 Å². The Labute approximate surface area is 183 Å². The maximum absolute atomic E-state index is 12.0. The Morgan fingerprint density at radius 1 is 1.25 bits per heavy atom. The number of hydrogen-bond acceptors (Lipinski definition) is 8. The van der Waals surface area contributed by atoms with E-state index in [0.717, 1.165) is 12.0 Å². The Morgan fingerprint density at radius 3 is 3.00 bits per heavy atom. The number of nitrogens with one attached hydrogen (secondary N) is 2. The molecule has 3 N–H and O–H groups in total. The molecule has 4 heterocycles. The molecule has 5 rings (SSSR count). The van der Waals surface area contributed by atoms with Gasteiger partial charge in [0.2, 0.25) is 5.95 Å². The van der Waals surface area contributed by atoms with E-state index in [0.29, 0.717) is 55.1 Å². The van der Waals surface area contributed by atoms with Crippen LogP contribution < -0.4 is 10.0 Å². The minimum Gasteiger partial charge on any atom is -0.508 e. The van der Waals surface area contributed by atoms with Gasteiger partial charge >= 0.3 is 5.84 Å². The minimum absolute atomic E-state index is 0.130. The summed E-state index contributed by atoms with van der Waals surface area (Å²) in [5.41, 5.74) is 2.61. The molecule has 0 radical (unpaired) electrons. The standard InChI is InChI=1S/C20H21N7O4S/c28-15-4-1-3-14(13-15)17-18(27-11-12-31-20(27)25-17)16-5-7-21-19(24-16)22-8-10-26-9-2-6-23-32(26,29)30/h1,3-5,7,11-13,23,28H,2,6,8-10H2,(H,21,22,24). The zero-order valence-electron chi connectivity index (χ0n) is 17.0.